The summed E-state index contributed by atoms with van der Waals surface area (Å²) >= 11 is 0. The Labute approximate surface area is 126 Å². The normalized spacial score (nSPS) is 21.7. The number of nitrogens with zero attached hydrogens (tertiary/aromatic N) is 1. The predicted molar refractivity (Wildman–Crippen MR) is 92.3 cm³/mol. The maximum absolute atomic E-state index is 2.65. The molecule has 1 nitrogen and oxygen atoms in total. The van der Waals surface area contributed by atoms with E-state index in [0.717, 1.165) is 12.5 Å². The van der Waals surface area contributed by atoms with Gasteiger partial charge in [0.25, 0.3) is 0 Å². The summed E-state index contributed by atoms with van der Waals surface area (Å²) in [5.74, 6) is 0.967. The molecule has 1 heterocycles. The summed E-state index contributed by atoms with van der Waals surface area (Å²) in [6, 6.07) is 9.45. The Morgan fingerprint density at radius 2 is 1.75 bits per heavy atom. The molecule has 0 amide bonds. The van der Waals surface area contributed by atoms with Crippen molar-refractivity contribution in [1.82, 2.24) is 4.90 Å². The summed E-state index contributed by atoms with van der Waals surface area (Å²) in [5.41, 5.74) is 1.49. The fourth-order valence-corrected chi connectivity index (χ4v) is 4.33. The first-order chi connectivity index (χ1) is 9.49. The van der Waals surface area contributed by atoms with Gasteiger partial charge in [0.1, 0.15) is 0 Å². The fourth-order valence-electron chi connectivity index (χ4n) is 3.16. The minimum atomic E-state index is -1.14. The Kier molecular flexibility index (Phi) is 5.45. The first kappa shape index (κ1) is 15.8. The Hall–Kier alpha value is -0.603. The molecule has 0 radical (unpaired) electrons. The summed E-state index contributed by atoms with van der Waals surface area (Å²) in [5, 5.41) is 1.57. The molecule has 0 spiro atoms. The zero-order valence-corrected chi connectivity index (χ0v) is 14.8. The molecule has 1 aromatic rings. The molecule has 2 heteroatoms. The lowest BCUT2D eigenvalue weighted by Gasteiger charge is -2.21. The Morgan fingerprint density at radius 3 is 2.35 bits per heavy atom. The molecule has 0 aliphatic carbocycles. The van der Waals surface area contributed by atoms with Crippen molar-refractivity contribution in [2.24, 2.45) is 5.92 Å². The van der Waals surface area contributed by atoms with E-state index in [1.165, 1.54) is 44.3 Å². The predicted octanol–water partition coefficient (Wildman–Crippen LogP) is 4.24. The third-order valence-electron chi connectivity index (χ3n) is 4.74. The van der Waals surface area contributed by atoms with Crippen LogP contribution < -0.4 is 5.19 Å². The van der Waals surface area contributed by atoms with Crippen molar-refractivity contribution in [3.8, 4) is 0 Å². The van der Waals surface area contributed by atoms with Crippen LogP contribution in [0.3, 0.4) is 0 Å². The highest BCUT2D eigenvalue weighted by atomic mass is 28.3. The first-order valence-corrected chi connectivity index (χ1v) is 11.8. The van der Waals surface area contributed by atoms with Crippen LogP contribution >= 0.6 is 0 Å². The van der Waals surface area contributed by atoms with Crippen LogP contribution in [0.25, 0.3) is 0 Å². The third kappa shape index (κ3) is 4.46. The molecule has 2 rings (SSSR count). The van der Waals surface area contributed by atoms with Crippen molar-refractivity contribution in [2.75, 3.05) is 13.1 Å². The van der Waals surface area contributed by atoms with Gasteiger partial charge in [-0.1, -0.05) is 62.4 Å². The van der Waals surface area contributed by atoms with Crippen LogP contribution in [-0.2, 0) is 6.54 Å². The van der Waals surface area contributed by atoms with Gasteiger partial charge in [0.2, 0.25) is 0 Å². The second-order valence-electron chi connectivity index (χ2n) is 7.43. The fraction of sp³-hybridized carbons (Fsp3) is 0.667. The van der Waals surface area contributed by atoms with Crippen LogP contribution in [0.15, 0.2) is 24.3 Å². The van der Waals surface area contributed by atoms with Crippen molar-refractivity contribution in [1.29, 1.82) is 0 Å². The molecule has 1 atom stereocenters. The lowest BCUT2D eigenvalue weighted by atomic mass is 9.98. The highest BCUT2D eigenvalue weighted by Gasteiger charge is 2.17. The van der Waals surface area contributed by atoms with Gasteiger partial charge in [-0.05, 0) is 43.8 Å². The van der Waals surface area contributed by atoms with E-state index in [4.69, 9.17) is 0 Å². The largest absolute Gasteiger partial charge is 0.299 e. The van der Waals surface area contributed by atoms with Gasteiger partial charge in [-0.15, -0.1) is 0 Å². The number of likely N-dealkylation sites (tertiary alicyclic amines) is 1. The van der Waals surface area contributed by atoms with Gasteiger partial charge in [-0.2, -0.15) is 0 Å². The van der Waals surface area contributed by atoms with E-state index in [1.807, 2.05) is 0 Å². The van der Waals surface area contributed by atoms with Crippen molar-refractivity contribution in [2.45, 2.75) is 58.8 Å². The summed E-state index contributed by atoms with van der Waals surface area (Å²) in [6.45, 7) is 13.3. The SMILES string of the molecule is CCC1CCCN(Cc2ccc([Si](C)(C)C)cc2)CC1. The third-order valence-corrected chi connectivity index (χ3v) is 6.81. The Bertz CT molecular complexity index is 404. The van der Waals surface area contributed by atoms with Crippen molar-refractivity contribution < 1.29 is 0 Å². The average molecular weight is 290 g/mol. The molecule has 1 fully saturated rings. The zero-order valence-electron chi connectivity index (χ0n) is 13.8. The van der Waals surface area contributed by atoms with Gasteiger partial charge >= 0.3 is 0 Å². The molecule has 20 heavy (non-hydrogen) atoms. The van der Waals surface area contributed by atoms with Gasteiger partial charge in [-0.3, -0.25) is 4.90 Å². The maximum atomic E-state index is 2.65. The molecular weight excluding hydrogens is 258 g/mol. The van der Waals surface area contributed by atoms with Gasteiger partial charge in [-0.25, -0.2) is 0 Å². The summed E-state index contributed by atoms with van der Waals surface area (Å²) in [4.78, 5) is 2.65. The van der Waals surface area contributed by atoms with Crippen LogP contribution in [0.4, 0.5) is 0 Å². The zero-order chi connectivity index (χ0) is 14.6. The first-order valence-electron chi connectivity index (χ1n) is 8.31. The van der Waals surface area contributed by atoms with Crippen LogP contribution in [0.2, 0.25) is 19.6 Å². The van der Waals surface area contributed by atoms with Crippen LogP contribution in [-0.4, -0.2) is 26.1 Å². The number of rotatable bonds is 4. The maximum Gasteiger partial charge on any atom is 0.0775 e. The Balaban J connectivity index is 1.93. The van der Waals surface area contributed by atoms with E-state index in [2.05, 4.69) is 55.7 Å². The lowest BCUT2D eigenvalue weighted by molar-refractivity contribution is 0.272. The minimum Gasteiger partial charge on any atom is -0.299 e. The smallest absolute Gasteiger partial charge is 0.0775 e. The van der Waals surface area contributed by atoms with E-state index in [9.17, 15) is 0 Å². The standard InChI is InChI=1S/C18H31NSi/c1-5-16-7-6-13-19(14-12-16)15-17-8-10-18(11-9-17)20(2,3)4/h8-11,16H,5-7,12-15H2,1-4H3. The summed E-state index contributed by atoms with van der Waals surface area (Å²) in [7, 11) is -1.14. The molecule has 0 saturated carbocycles. The van der Waals surface area contributed by atoms with Crippen LogP contribution in [0.5, 0.6) is 0 Å². The molecule has 1 aliphatic rings. The summed E-state index contributed by atoms with van der Waals surface area (Å²) < 4.78 is 0. The van der Waals surface area contributed by atoms with Crippen molar-refractivity contribution >= 4 is 13.3 Å². The second-order valence-corrected chi connectivity index (χ2v) is 12.5. The number of hydrogen-bond donors (Lipinski definition) is 0. The molecular formula is C18H31NSi. The molecule has 0 bridgehead atoms. The second kappa shape index (κ2) is 6.90. The molecule has 1 unspecified atom stereocenters. The lowest BCUT2D eigenvalue weighted by Crippen LogP contribution is -2.37. The highest BCUT2D eigenvalue weighted by molar-refractivity contribution is 6.88. The topological polar surface area (TPSA) is 3.24 Å². The number of hydrogen-bond acceptors (Lipinski definition) is 1. The van der Waals surface area contributed by atoms with Crippen LogP contribution in [0, 0.1) is 5.92 Å². The van der Waals surface area contributed by atoms with Crippen LogP contribution in [0.1, 0.15) is 38.2 Å². The monoisotopic (exact) mass is 289 g/mol. The van der Waals surface area contributed by atoms with E-state index in [0.29, 0.717) is 0 Å². The average Bonchev–Trinajstić information content (AvgIpc) is 2.63. The van der Waals surface area contributed by atoms with Gasteiger partial charge < -0.3 is 0 Å². The highest BCUT2D eigenvalue weighted by Crippen LogP contribution is 2.21. The molecule has 0 N–H and O–H groups in total. The van der Waals surface area contributed by atoms with E-state index < -0.39 is 8.07 Å². The molecule has 112 valence electrons. The summed E-state index contributed by atoms with van der Waals surface area (Å²) in [6.07, 6.45) is 5.56. The van der Waals surface area contributed by atoms with E-state index in [-0.39, 0.29) is 0 Å². The molecule has 0 aromatic heterocycles. The van der Waals surface area contributed by atoms with Crippen molar-refractivity contribution in [3.05, 3.63) is 29.8 Å². The van der Waals surface area contributed by atoms with Crippen molar-refractivity contribution in [3.63, 3.8) is 0 Å². The quantitative estimate of drug-likeness (QED) is 0.749. The van der Waals surface area contributed by atoms with E-state index in [1.54, 1.807) is 5.19 Å². The van der Waals surface area contributed by atoms with Gasteiger partial charge in [0.05, 0.1) is 8.07 Å². The molecule has 1 aliphatic heterocycles. The Morgan fingerprint density at radius 1 is 1.05 bits per heavy atom. The minimum absolute atomic E-state index is 0.967. The number of benzene rings is 1. The van der Waals surface area contributed by atoms with Gasteiger partial charge in [0, 0.05) is 6.54 Å². The molecule has 1 saturated heterocycles. The van der Waals surface area contributed by atoms with Gasteiger partial charge in [0.15, 0.2) is 0 Å². The molecule has 1 aromatic carbocycles. The van der Waals surface area contributed by atoms with E-state index >= 15 is 0 Å².